The van der Waals surface area contributed by atoms with E-state index in [1.807, 2.05) is 49.4 Å². The van der Waals surface area contributed by atoms with Gasteiger partial charge in [-0.3, -0.25) is 10.1 Å². The number of anilines is 2. The first-order valence-corrected chi connectivity index (χ1v) is 13.0. The number of nitrogens with one attached hydrogen (secondary N) is 1. The Morgan fingerprint density at radius 1 is 1.00 bits per heavy atom. The van der Waals surface area contributed by atoms with Crippen LogP contribution in [0.4, 0.5) is 16.4 Å². The minimum atomic E-state index is -0.456. The number of nitrogens with zero attached hydrogens (tertiary/aromatic N) is 1. The molecule has 39 heavy (non-hydrogen) atoms. The molecule has 9 nitrogen and oxygen atoms in total. The van der Waals surface area contributed by atoms with Crippen molar-refractivity contribution in [1.29, 1.82) is 0 Å². The molecule has 1 aromatic heterocycles. The highest BCUT2D eigenvalue weighted by atomic mass is 35.5. The van der Waals surface area contributed by atoms with Crippen molar-refractivity contribution in [2.75, 3.05) is 26.3 Å². The number of hydrogen-bond donors (Lipinski definition) is 1. The van der Waals surface area contributed by atoms with Gasteiger partial charge in [-0.15, -0.1) is 0 Å². The van der Waals surface area contributed by atoms with Crippen LogP contribution in [0.3, 0.4) is 0 Å². The number of nitro benzene ring substituents is 1. The second-order valence-corrected chi connectivity index (χ2v) is 9.71. The fraction of sp³-hybridized carbons (Fsp3) is 0.214. The van der Waals surface area contributed by atoms with Crippen molar-refractivity contribution in [2.45, 2.75) is 19.6 Å². The molecule has 0 aliphatic heterocycles. The Labute approximate surface area is 235 Å². The summed E-state index contributed by atoms with van der Waals surface area (Å²) in [5, 5.41) is 16.5. The van der Waals surface area contributed by atoms with Gasteiger partial charge in [-0.1, -0.05) is 53.3 Å². The first-order valence-electron chi connectivity index (χ1n) is 11.9. The van der Waals surface area contributed by atoms with Gasteiger partial charge in [-0.05, 0) is 36.8 Å². The lowest BCUT2D eigenvalue weighted by Crippen LogP contribution is -2.05. The van der Waals surface area contributed by atoms with E-state index >= 15 is 0 Å². The normalized spacial score (nSPS) is 11.5. The topological polar surface area (TPSA) is 101 Å². The van der Waals surface area contributed by atoms with Gasteiger partial charge in [-0.2, -0.15) is 0 Å². The third-order valence-corrected chi connectivity index (χ3v) is 6.90. The maximum atomic E-state index is 11.7. The van der Waals surface area contributed by atoms with Gasteiger partial charge >= 0.3 is 0 Å². The lowest BCUT2D eigenvalue weighted by Gasteiger charge is -2.16. The zero-order chi connectivity index (χ0) is 27.8. The van der Waals surface area contributed by atoms with Crippen LogP contribution in [-0.4, -0.2) is 25.9 Å². The first kappa shape index (κ1) is 28.0. The highest BCUT2D eigenvalue weighted by Crippen LogP contribution is 2.45. The van der Waals surface area contributed by atoms with Gasteiger partial charge in [0.05, 0.1) is 12.0 Å². The summed E-state index contributed by atoms with van der Waals surface area (Å²) >= 11 is 7.57. The van der Waals surface area contributed by atoms with Crippen molar-refractivity contribution in [1.82, 2.24) is 0 Å². The second kappa shape index (κ2) is 13.2. The molecule has 0 saturated carbocycles. The van der Waals surface area contributed by atoms with E-state index in [2.05, 4.69) is 5.32 Å². The fourth-order valence-electron chi connectivity index (χ4n) is 3.66. The highest BCUT2D eigenvalue weighted by Gasteiger charge is 2.21. The summed E-state index contributed by atoms with van der Waals surface area (Å²) in [6, 6.07) is 21.1. The van der Waals surface area contributed by atoms with Gasteiger partial charge in [0, 0.05) is 35.9 Å². The molecule has 3 aromatic carbocycles. The van der Waals surface area contributed by atoms with E-state index in [4.69, 9.17) is 35.3 Å². The lowest BCUT2D eigenvalue weighted by molar-refractivity contribution is -0.383. The van der Waals surface area contributed by atoms with Crippen molar-refractivity contribution >= 4 is 39.3 Å². The molecule has 204 valence electrons. The van der Waals surface area contributed by atoms with E-state index in [0.29, 0.717) is 26.6 Å². The number of benzene rings is 3. The van der Waals surface area contributed by atoms with Crippen LogP contribution in [0.25, 0.3) is 0 Å². The van der Waals surface area contributed by atoms with Crippen LogP contribution in [0.2, 0.25) is 5.02 Å². The number of halogens is 1. The van der Waals surface area contributed by atoms with Crippen molar-refractivity contribution in [3.05, 3.63) is 99.1 Å². The summed E-state index contributed by atoms with van der Waals surface area (Å²) < 4.78 is 28.0. The third kappa shape index (κ3) is 7.32. The van der Waals surface area contributed by atoms with Gasteiger partial charge in [0.1, 0.15) is 34.9 Å². The Kier molecular flexibility index (Phi) is 9.48. The molecular weight excluding hydrogens is 544 g/mol. The predicted octanol–water partition coefficient (Wildman–Crippen LogP) is 7.76. The molecule has 0 unspecified atom stereocenters. The number of nitro groups is 1. The summed E-state index contributed by atoms with van der Waals surface area (Å²) in [5.74, 6) is 1.66. The van der Waals surface area contributed by atoms with Gasteiger partial charge in [0.15, 0.2) is 12.5 Å². The van der Waals surface area contributed by atoms with Crippen molar-refractivity contribution in [2.24, 2.45) is 0 Å². The molecule has 0 amide bonds. The summed E-state index contributed by atoms with van der Waals surface area (Å²) in [4.78, 5) is 11.3. The van der Waals surface area contributed by atoms with Crippen LogP contribution < -0.4 is 24.3 Å². The van der Waals surface area contributed by atoms with Gasteiger partial charge in [-0.25, -0.2) is 0 Å². The first-order chi connectivity index (χ1) is 18.9. The molecule has 0 saturated heterocycles. The molecule has 0 radical (unpaired) electrons. The lowest BCUT2D eigenvalue weighted by atomic mass is 10.1. The Hall–Kier alpha value is -3.99. The van der Waals surface area contributed by atoms with Crippen molar-refractivity contribution < 1.29 is 28.6 Å². The van der Waals surface area contributed by atoms with Gasteiger partial charge < -0.3 is 29.0 Å². The maximum absolute atomic E-state index is 11.7. The second-order valence-electron chi connectivity index (χ2n) is 8.29. The molecular formula is C28H27ClN2O7S. The van der Waals surface area contributed by atoms with Crippen molar-refractivity contribution in [3.8, 4) is 22.3 Å². The molecule has 0 bridgehead atoms. The van der Waals surface area contributed by atoms with Crippen LogP contribution in [0.15, 0.2) is 72.8 Å². The van der Waals surface area contributed by atoms with Crippen LogP contribution in [-0.2, 0) is 11.3 Å². The zero-order valence-electron chi connectivity index (χ0n) is 21.5. The molecule has 4 aromatic rings. The Balaban J connectivity index is 1.55. The van der Waals surface area contributed by atoms with E-state index < -0.39 is 4.92 Å². The molecule has 0 aliphatic rings. The van der Waals surface area contributed by atoms with E-state index in [1.165, 1.54) is 24.5 Å². The van der Waals surface area contributed by atoms with Gasteiger partial charge in [0.2, 0.25) is 5.06 Å². The van der Waals surface area contributed by atoms with Gasteiger partial charge in [0.25, 0.3) is 5.69 Å². The minimum absolute atomic E-state index is 0.00558. The monoisotopic (exact) mass is 570 g/mol. The third-order valence-electron chi connectivity index (χ3n) is 5.61. The minimum Gasteiger partial charge on any atom is -0.497 e. The van der Waals surface area contributed by atoms with E-state index in [-0.39, 0.29) is 30.9 Å². The predicted molar refractivity (Wildman–Crippen MR) is 151 cm³/mol. The van der Waals surface area contributed by atoms with Crippen LogP contribution in [0, 0.1) is 10.1 Å². The Morgan fingerprint density at radius 2 is 1.74 bits per heavy atom. The fourth-order valence-corrected chi connectivity index (χ4v) is 4.79. The van der Waals surface area contributed by atoms with Crippen LogP contribution in [0.5, 0.6) is 22.3 Å². The Morgan fingerprint density at radius 3 is 2.44 bits per heavy atom. The SMILES string of the molecule is COCOc1sc(Nc2cc(OCc3ccc(OC)cc3)ccc2[N+](=O)[O-])cc1O[C@H](C)c1ccccc1Cl. The smallest absolute Gasteiger partial charge is 0.292 e. The maximum Gasteiger partial charge on any atom is 0.292 e. The average Bonchev–Trinajstić information content (AvgIpc) is 3.31. The summed E-state index contributed by atoms with van der Waals surface area (Å²) in [7, 11) is 3.12. The largest absolute Gasteiger partial charge is 0.497 e. The summed E-state index contributed by atoms with van der Waals surface area (Å²) in [6.07, 6.45) is -0.380. The molecule has 0 spiro atoms. The summed E-state index contributed by atoms with van der Waals surface area (Å²) in [5.41, 5.74) is 1.90. The highest BCUT2D eigenvalue weighted by molar-refractivity contribution is 7.18. The molecule has 1 N–H and O–H groups in total. The van der Waals surface area contributed by atoms with Crippen LogP contribution in [0.1, 0.15) is 24.2 Å². The zero-order valence-corrected chi connectivity index (χ0v) is 23.1. The number of hydrogen-bond acceptors (Lipinski definition) is 9. The van der Waals surface area contributed by atoms with E-state index in [1.54, 1.807) is 31.4 Å². The number of rotatable bonds is 13. The molecule has 4 rings (SSSR count). The number of methoxy groups -OCH3 is 2. The molecule has 1 atom stereocenters. The molecule has 1 heterocycles. The standard InChI is InChI=1S/C28H27ClN2O7S/c1-18(22-6-4-5-7-23(22)29)38-26-15-27(39-28(26)37-17-34-2)30-24-14-21(12-13-25(24)31(32)33)36-16-19-8-10-20(35-3)11-9-19/h4-15,18,30H,16-17H2,1-3H3/t18-/m1/s1. The molecule has 11 heteroatoms. The average molecular weight is 571 g/mol. The van der Waals surface area contributed by atoms with E-state index in [0.717, 1.165) is 16.9 Å². The number of thiophene rings is 1. The molecule has 0 aliphatic carbocycles. The molecule has 0 fully saturated rings. The quantitative estimate of drug-likeness (QED) is 0.0988. The summed E-state index contributed by atoms with van der Waals surface area (Å²) in [6.45, 7) is 2.17. The van der Waals surface area contributed by atoms with Crippen molar-refractivity contribution in [3.63, 3.8) is 0 Å². The van der Waals surface area contributed by atoms with E-state index in [9.17, 15) is 10.1 Å². The Bertz CT molecular complexity index is 1410. The number of ether oxygens (including phenoxy) is 5. The van der Waals surface area contributed by atoms with Crippen LogP contribution >= 0.6 is 22.9 Å².